The maximum atomic E-state index is 11.7. The number of carbonyl (C=O) groups excluding carboxylic acids is 3. The van der Waals surface area contributed by atoms with Crippen molar-refractivity contribution in [2.45, 2.75) is 32.4 Å². The van der Waals surface area contributed by atoms with Crippen molar-refractivity contribution in [1.82, 2.24) is 10.2 Å². The van der Waals surface area contributed by atoms with E-state index in [1.807, 2.05) is 0 Å². The Morgan fingerprint density at radius 2 is 2.20 bits per heavy atom. The normalized spacial score (nSPS) is 21.3. The monoisotopic (exact) mass is 213 g/mol. The molecule has 0 aromatic rings. The van der Waals surface area contributed by atoms with Gasteiger partial charge in [-0.15, -0.1) is 0 Å². The van der Waals surface area contributed by atoms with Crippen molar-refractivity contribution in [3.63, 3.8) is 0 Å². The number of nitrogens with one attached hydrogen (secondary N) is 1. The molecule has 6 nitrogen and oxygen atoms in total. The molecule has 6 heteroatoms. The predicted octanol–water partition coefficient (Wildman–Crippen LogP) is -1.40. The number of imide groups is 1. The van der Waals surface area contributed by atoms with Gasteiger partial charge in [0.15, 0.2) is 0 Å². The quantitative estimate of drug-likeness (QED) is 0.564. The molecule has 3 amide bonds. The summed E-state index contributed by atoms with van der Waals surface area (Å²) in [6.45, 7) is 3.32. The van der Waals surface area contributed by atoms with E-state index in [1.165, 1.54) is 4.90 Å². The fourth-order valence-corrected chi connectivity index (χ4v) is 1.56. The van der Waals surface area contributed by atoms with E-state index < -0.39 is 11.9 Å². The molecule has 1 aliphatic rings. The van der Waals surface area contributed by atoms with Crippen molar-refractivity contribution in [2.75, 3.05) is 6.54 Å². The van der Waals surface area contributed by atoms with Crippen molar-refractivity contribution in [3.05, 3.63) is 0 Å². The van der Waals surface area contributed by atoms with E-state index in [0.29, 0.717) is 0 Å². The van der Waals surface area contributed by atoms with Crippen molar-refractivity contribution >= 4 is 17.7 Å². The fraction of sp³-hybridized carbons (Fsp3) is 0.667. The van der Waals surface area contributed by atoms with Gasteiger partial charge in [0, 0.05) is 6.04 Å². The number of hydrogen-bond acceptors (Lipinski definition) is 4. The lowest BCUT2D eigenvalue weighted by Crippen LogP contribution is -2.45. The highest BCUT2D eigenvalue weighted by Crippen LogP contribution is 2.15. The van der Waals surface area contributed by atoms with Gasteiger partial charge in [0.25, 0.3) is 5.91 Å². The molecule has 1 heterocycles. The number of nitrogens with two attached hydrogens (primary N) is 1. The van der Waals surface area contributed by atoms with Gasteiger partial charge in [-0.05, 0) is 13.8 Å². The molecule has 0 bridgehead atoms. The van der Waals surface area contributed by atoms with Crippen molar-refractivity contribution in [1.29, 1.82) is 0 Å². The Hall–Kier alpha value is -1.43. The molecule has 15 heavy (non-hydrogen) atoms. The van der Waals surface area contributed by atoms with Crippen LogP contribution in [0.15, 0.2) is 0 Å². The summed E-state index contributed by atoms with van der Waals surface area (Å²) in [5, 5.41) is 2.42. The maximum absolute atomic E-state index is 11.7. The molecule has 0 aliphatic carbocycles. The van der Waals surface area contributed by atoms with Crippen molar-refractivity contribution in [3.8, 4) is 0 Å². The highest BCUT2D eigenvalue weighted by molar-refractivity contribution is 6.07. The second-order valence-corrected chi connectivity index (χ2v) is 3.72. The number of nitrogens with zero attached hydrogens (tertiary/aromatic N) is 1. The van der Waals surface area contributed by atoms with Gasteiger partial charge in [-0.1, -0.05) is 0 Å². The van der Waals surface area contributed by atoms with Gasteiger partial charge in [0.2, 0.25) is 11.8 Å². The highest BCUT2D eigenvalue weighted by atomic mass is 16.2. The molecule has 1 rings (SSSR count). The number of rotatable bonds is 3. The summed E-state index contributed by atoms with van der Waals surface area (Å²) in [5.41, 5.74) is 5.10. The van der Waals surface area contributed by atoms with E-state index in [-0.39, 0.29) is 30.8 Å². The molecule has 1 aliphatic heterocycles. The van der Waals surface area contributed by atoms with Crippen molar-refractivity contribution < 1.29 is 14.4 Å². The first-order valence-electron chi connectivity index (χ1n) is 4.82. The van der Waals surface area contributed by atoms with Gasteiger partial charge in [-0.25, -0.2) is 0 Å². The minimum absolute atomic E-state index is 0.0305. The van der Waals surface area contributed by atoms with Gasteiger partial charge in [0.05, 0.1) is 13.0 Å². The van der Waals surface area contributed by atoms with Crippen LogP contribution in [0.3, 0.4) is 0 Å². The maximum Gasteiger partial charge on any atom is 0.252 e. The Morgan fingerprint density at radius 1 is 1.60 bits per heavy atom. The zero-order valence-corrected chi connectivity index (χ0v) is 8.82. The first-order chi connectivity index (χ1) is 6.97. The van der Waals surface area contributed by atoms with E-state index in [9.17, 15) is 14.4 Å². The standard InChI is InChI=1S/C9H15N3O3/c1-5(2)12-8(14)3-6(9(12)15)11-7(13)4-10/h5-6H,3-4,10H2,1-2H3,(H,11,13). The average Bonchev–Trinajstić information content (AvgIpc) is 2.41. The zero-order chi connectivity index (χ0) is 11.6. The summed E-state index contributed by atoms with van der Waals surface area (Å²) in [6, 6.07) is -0.916. The number of carbonyl (C=O) groups is 3. The summed E-state index contributed by atoms with van der Waals surface area (Å²) in [6.07, 6.45) is 0.0305. The van der Waals surface area contributed by atoms with Crippen LogP contribution in [0, 0.1) is 0 Å². The molecule has 1 atom stereocenters. The van der Waals surface area contributed by atoms with Crippen LogP contribution >= 0.6 is 0 Å². The first-order valence-corrected chi connectivity index (χ1v) is 4.82. The largest absolute Gasteiger partial charge is 0.343 e. The third-order valence-corrected chi connectivity index (χ3v) is 2.22. The molecule has 0 aromatic heterocycles. The van der Waals surface area contributed by atoms with Crippen molar-refractivity contribution in [2.24, 2.45) is 5.73 Å². The van der Waals surface area contributed by atoms with Gasteiger partial charge in [-0.3, -0.25) is 19.3 Å². The molecule has 1 saturated heterocycles. The topological polar surface area (TPSA) is 92.5 Å². The molecular weight excluding hydrogens is 198 g/mol. The lowest BCUT2D eigenvalue weighted by atomic mass is 10.2. The molecular formula is C9H15N3O3. The van der Waals surface area contributed by atoms with E-state index in [0.717, 1.165) is 0 Å². The Morgan fingerprint density at radius 3 is 2.60 bits per heavy atom. The summed E-state index contributed by atoms with van der Waals surface area (Å²) in [5.74, 6) is -1.03. The summed E-state index contributed by atoms with van der Waals surface area (Å²) >= 11 is 0. The molecule has 84 valence electrons. The lowest BCUT2D eigenvalue weighted by Gasteiger charge is -2.18. The fourth-order valence-electron chi connectivity index (χ4n) is 1.56. The minimum atomic E-state index is -0.740. The molecule has 0 saturated carbocycles. The second kappa shape index (κ2) is 4.39. The minimum Gasteiger partial charge on any atom is -0.343 e. The molecule has 1 fully saturated rings. The molecule has 1 unspecified atom stereocenters. The van der Waals surface area contributed by atoms with Gasteiger partial charge >= 0.3 is 0 Å². The number of likely N-dealkylation sites (tertiary alicyclic amines) is 1. The Bertz CT molecular complexity index is 301. The van der Waals surface area contributed by atoms with E-state index in [2.05, 4.69) is 5.32 Å². The van der Waals surface area contributed by atoms with E-state index >= 15 is 0 Å². The summed E-state index contributed by atoms with van der Waals surface area (Å²) < 4.78 is 0. The highest BCUT2D eigenvalue weighted by Gasteiger charge is 2.40. The van der Waals surface area contributed by atoms with Crippen LogP contribution in [0.25, 0.3) is 0 Å². The Labute approximate surface area is 87.8 Å². The smallest absolute Gasteiger partial charge is 0.252 e. The zero-order valence-electron chi connectivity index (χ0n) is 8.82. The molecule has 0 spiro atoms. The van der Waals surface area contributed by atoms with Crippen LogP contribution in [0.1, 0.15) is 20.3 Å². The van der Waals surface area contributed by atoms with Crippen LogP contribution < -0.4 is 11.1 Å². The predicted molar refractivity (Wildman–Crippen MR) is 52.6 cm³/mol. The Kier molecular flexibility index (Phi) is 3.41. The second-order valence-electron chi connectivity index (χ2n) is 3.72. The van der Waals surface area contributed by atoms with Gasteiger partial charge < -0.3 is 11.1 Å². The third kappa shape index (κ3) is 2.33. The summed E-state index contributed by atoms with van der Waals surface area (Å²) in [4.78, 5) is 35.2. The van der Waals surface area contributed by atoms with Crippen LogP contribution in [0.5, 0.6) is 0 Å². The molecule has 3 N–H and O–H groups in total. The van der Waals surface area contributed by atoms with Crippen LogP contribution in [-0.2, 0) is 14.4 Å². The van der Waals surface area contributed by atoms with Crippen LogP contribution in [-0.4, -0.2) is 41.2 Å². The summed E-state index contributed by atoms with van der Waals surface area (Å²) in [7, 11) is 0. The molecule has 0 radical (unpaired) electrons. The lowest BCUT2D eigenvalue weighted by molar-refractivity contribution is -0.141. The van der Waals surface area contributed by atoms with Crippen LogP contribution in [0.4, 0.5) is 0 Å². The average molecular weight is 213 g/mol. The SMILES string of the molecule is CC(C)N1C(=O)CC(NC(=O)CN)C1=O. The third-order valence-electron chi connectivity index (χ3n) is 2.22. The van der Waals surface area contributed by atoms with E-state index in [4.69, 9.17) is 5.73 Å². The Balaban J connectivity index is 2.69. The first kappa shape index (κ1) is 11.6. The number of amides is 3. The van der Waals surface area contributed by atoms with Gasteiger partial charge in [0.1, 0.15) is 6.04 Å². The number of hydrogen-bond donors (Lipinski definition) is 2. The molecule has 0 aromatic carbocycles. The van der Waals surface area contributed by atoms with E-state index in [1.54, 1.807) is 13.8 Å². The van der Waals surface area contributed by atoms with Gasteiger partial charge in [-0.2, -0.15) is 0 Å². The van der Waals surface area contributed by atoms with Crippen LogP contribution in [0.2, 0.25) is 0 Å².